The Morgan fingerprint density at radius 1 is 1.09 bits per heavy atom. The molecule has 0 aliphatic carbocycles. The van der Waals surface area contributed by atoms with Crippen molar-refractivity contribution in [2.45, 2.75) is 33.4 Å². The molecule has 4 rings (SSSR count). The Hall–Kier alpha value is -3.95. The van der Waals surface area contributed by atoms with Crippen LogP contribution in [-0.2, 0) is 6.54 Å². The zero-order valence-corrected chi connectivity index (χ0v) is 18.5. The van der Waals surface area contributed by atoms with Gasteiger partial charge in [-0.1, -0.05) is 0 Å². The Kier molecular flexibility index (Phi) is 6.25. The van der Waals surface area contributed by atoms with Gasteiger partial charge in [-0.05, 0) is 57.2 Å². The third kappa shape index (κ3) is 4.64. The number of hydrogen-bond donors (Lipinski definition) is 0. The minimum atomic E-state index is -0.925. The van der Waals surface area contributed by atoms with Gasteiger partial charge in [-0.2, -0.15) is 15.3 Å². The van der Waals surface area contributed by atoms with Gasteiger partial charge in [0.1, 0.15) is 5.69 Å². The first-order valence-electron chi connectivity index (χ1n) is 10.5. The van der Waals surface area contributed by atoms with E-state index in [1.807, 2.05) is 20.8 Å². The van der Waals surface area contributed by atoms with E-state index in [2.05, 4.69) is 20.3 Å². The average Bonchev–Trinajstić information content (AvgIpc) is 3.48. The van der Waals surface area contributed by atoms with Gasteiger partial charge in [0.15, 0.2) is 17.3 Å². The standard InChI is InChI=1S/C23H23F2N7O/c1-4-31(23(33)22-21(8-5-15(2)28-22)32-26-10-11-27-32)16(3)14-30-12-9-20(29-30)17-6-7-18(24)19(25)13-17/h5-13,16H,4,14H2,1-3H3/t16-/m0/s1. The molecular weight excluding hydrogens is 428 g/mol. The van der Waals surface area contributed by atoms with Crippen LogP contribution in [0.15, 0.2) is 55.0 Å². The molecule has 33 heavy (non-hydrogen) atoms. The molecule has 0 N–H and O–H groups in total. The van der Waals surface area contributed by atoms with E-state index in [1.54, 1.807) is 34.0 Å². The van der Waals surface area contributed by atoms with E-state index >= 15 is 0 Å². The molecule has 4 aromatic rings. The number of benzene rings is 1. The minimum Gasteiger partial charge on any atom is -0.333 e. The second kappa shape index (κ2) is 9.27. The van der Waals surface area contributed by atoms with Crippen molar-refractivity contribution >= 4 is 5.91 Å². The number of carbonyl (C=O) groups is 1. The zero-order chi connectivity index (χ0) is 23.5. The van der Waals surface area contributed by atoms with E-state index in [9.17, 15) is 13.6 Å². The van der Waals surface area contributed by atoms with Crippen molar-refractivity contribution in [1.82, 2.24) is 34.7 Å². The average molecular weight is 451 g/mol. The number of nitrogens with zero attached hydrogens (tertiary/aromatic N) is 7. The molecule has 0 saturated heterocycles. The summed E-state index contributed by atoms with van der Waals surface area (Å²) in [6.07, 6.45) is 4.82. The number of halogens is 2. The normalized spacial score (nSPS) is 12.0. The molecule has 0 aliphatic rings. The number of hydrogen-bond acceptors (Lipinski definition) is 5. The molecule has 170 valence electrons. The van der Waals surface area contributed by atoms with E-state index < -0.39 is 11.6 Å². The molecule has 0 fully saturated rings. The summed E-state index contributed by atoms with van der Waals surface area (Å²) in [5.41, 5.74) is 2.47. The third-order valence-electron chi connectivity index (χ3n) is 5.29. The maximum atomic E-state index is 13.6. The fraction of sp³-hybridized carbons (Fsp3) is 0.261. The van der Waals surface area contributed by atoms with Gasteiger partial charge in [0, 0.05) is 30.0 Å². The van der Waals surface area contributed by atoms with Gasteiger partial charge < -0.3 is 4.90 Å². The predicted octanol–water partition coefficient (Wildman–Crippen LogP) is 3.66. The topological polar surface area (TPSA) is 81.7 Å². The lowest BCUT2D eigenvalue weighted by molar-refractivity contribution is 0.0678. The summed E-state index contributed by atoms with van der Waals surface area (Å²) in [5, 5.41) is 12.7. The van der Waals surface area contributed by atoms with Crippen molar-refractivity contribution in [2.24, 2.45) is 0 Å². The third-order valence-corrected chi connectivity index (χ3v) is 5.29. The van der Waals surface area contributed by atoms with Crippen LogP contribution in [0.5, 0.6) is 0 Å². The van der Waals surface area contributed by atoms with Crippen LogP contribution in [0, 0.1) is 18.6 Å². The second-order valence-electron chi connectivity index (χ2n) is 7.63. The lowest BCUT2D eigenvalue weighted by Crippen LogP contribution is -2.41. The smallest absolute Gasteiger partial charge is 0.275 e. The van der Waals surface area contributed by atoms with Crippen molar-refractivity contribution < 1.29 is 13.6 Å². The molecule has 1 atom stereocenters. The van der Waals surface area contributed by atoms with Crippen LogP contribution in [0.4, 0.5) is 8.78 Å². The van der Waals surface area contributed by atoms with Crippen LogP contribution >= 0.6 is 0 Å². The number of amides is 1. The number of pyridine rings is 1. The highest BCUT2D eigenvalue weighted by molar-refractivity contribution is 5.96. The van der Waals surface area contributed by atoms with Gasteiger partial charge in [-0.3, -0.25) is 9.48 Å². The zero-order valence-electron chi connectivity index (χ0n) is 18.5. The Bertz CT molecular complexity index is 1270. The number of aromatic nitrogens is 6. The van der Waals surface area contributed by atoms with Gasteiger partial charge in [0.05, 0.1) is 24.6 Å². The van der Waals surface area contributed by atoms with Crippen LogP contribution in [0.1, 0.15) is 30.0 Å². The van der Waals surface area contributed by atoms with Crippen LogP contribution < -0.4 is 0 Å². The van der Waals surface area contributed by atoms with Gasteiger partial charge in [-0.25, -0.2) is 13.8 Å². The molecule has 0 radical (unpaired) electrons. The molecule has 0 spiro atoms. The van der Waals surface area contributed by atoms with Crippen molar-refractivity contribution in [3.8, 4) is 16.9 Å². The van der Waals surface area contributed by atoms with Gasteiger partial charge in [0.2, 0.25) is 0 Å². The van der Waals surface area contributed by atoms with Crippen LogP contribution in [-0.4, -0.2) is 53.2 Å². The molecule has 0 bridgehead atoms. The highest BCUT2D eigenvalue weighted by Gasteiger charge is 2.25. The van der Waals surface area contributed by atoms with Gasteiger partial charge >= 0.3 is 0 Å². The number of carbonyl (C=O) groups excluding carboxylic acids is 1. The van der Waals surface area contributed by atoms with E-state index in [-0.39, 0.29) is 17.6 Å². The fourth-order valence-electron chi connectivity index (χ4n) is 3.64. The van der Waals surface area contributed by atoms with Crippen LogP contribution in [0.25, 0.3) is 16.9 Å². The molecule has 3 aromatic heterocycles. The predicted molar refractivity (Wildman–Crippen MR) is 118 cm³/mol. The number of rotatable bonds is 7. The Morgan fingerprint density at radius 3 is 2.55 bits per heavy atom. The van der Waals surface area contributed by atoms with Crippen LogP contribution in [0.2, 0.25) is 0 Å². The number of likely N-dealkylation sites (N-methyl/N-ethyl adjacent to an activating group) is 1. The first-order valence-corrected chi connectivity index (χ1v) is 10.5. The second-order valence-corrected chi connectivity index (χ2v) is 7.63. The first-order chi connectivity index (χ1) is 15.9. The molecule has 1 amide bonds. The highest BCUT2D eigenvalue weighted by atomic mass is 19.2. The van der Waals surface area contributed by atoms with Gasteiger partial charge in [0.25, 0.3) is 5.91 Å². The maximum Gasteiger partial charge on any atom is 0.275 e. The SMILES string of the molecule is CCN(C(=O)c1nc(C)ccc1-n1nccn1)[C@@H](C)Cn1ccc(-c2ccc(F)c(F)c2)n1. The molecule has 1 aromatic carbocycles. The molecular formula is C23H23F2N7O. The summed E-state index contributed by atoms with van der Waals surface area (Å²) in [6.45, 7) is 6.50. The summed E-state index contributed by atoms with van der Waals surface area (Å²) in [4.78, 5) is 21.0. The Balaban J connectivity index is 1.55. The largest absolute Gasteiger partial charge is 0.333 e. The highest BCUT2D eigenvalue weighted by Crippen LogP contribution is 2.21. The van der Waals surface area contributed by atoms with Crippen molar-refractivity contribution in [2.75, 3.05) is 6.54 Å². The molecule has 0 saturated carbocycles. The van der Waals surface area contributed by atoms with E-state index in [1.165, 1.54) is 23.3 Å². The van der Waals surface area contributed by atoms with Gasteiger partial charge in [-0.15, -0.1) is 4.80 Å². The van der Waals surface area contributed by atoms with E-state index in [0.717, 1.165) is 12.1 Å². The molecule has 8 nitrogen and oxygen atoms in total. The Labute approximate surface area is 189 Å². The van der Waals surface area contributed by atoms with Crippen molar-refractivity contribution in [3.05, 3.63) is 78.0 Å². The molecule has 3 heterocycles. The van der Waals surface area contributed by atoms with Crippen LogP contribution in [0.3, 0.4) is 0 Å². The maximum absolute atomic E-state index is 13.6. The minimum absolute atomic E-state index is 0.221. The quantitative estimate of drug-likeness (QED) is 0.428. The Morgan fingerprint density at radius 2 is 1.85 bits per heavy atom. The van der Waals surface area contributed by atoms with E-state index in [0.29, 0.717) is 35.7 Å². The summed E-state index contributed by atoms with van der Waals surface area (Å²) < 4.78 is 28.5. The fourth-order valence-corrected chi connectivity index (χ4v) is 3.64. The molecule has 0 unspecified atom stereocenters. The first kappa shape index (κ1) is 22.3. The lowest BCUT2D eigenvalue weighted by Gasteiger charge is -2.28. The summed E-state index contributed by atoms with van der Waals surface area (Å²) in [7, 11) is 0. The number of aryl methyl sites for hydroxylation is 1. The van der Waals surface area contributed by atoms with E-state index in [4.69, 9.17) is 0 Å². The molecule has 0 aliphatic heterocycles. The molecule has 10 heteroatoms. The van der Waals surface area contributed by atoms with Crippen molar-refractivity contribution in [3.63, 3.8) is 0 Å². The summed E-state index contributed by atoms with van der Waals surface area (Å²) in [5.74, 6) is -2.07. The monoisotopic (exact) mass is 451 g/mol. The summed E-state index contributed by atoms with van der Waals surface area (Å²) in [6, 6.07) is 8.74. The summed E-state index contributed by atoms with van der Waals surface area (Å²) >= 11 is 0. The van der Waals surface area contributed by atoms with Crippen molar-refractivity contribution in [1.29, 1.82) is 0 Å². The lowest BCUT2D eigenvalue weighted by atomic mass is 10.1.